The number of amides is 3. The second kappa shape index (κ2) is 11.1. The van der Waals surface area contributed by atoms with Crippen molar-refractivity contribution < 1.29 is 19.1 Å². The van der Waals surface area contributed by atoms with Crippen molar-refractivity contribution in [3.8, 4) is 5.75 Å². The van der Waals surface area contributed by atoms with E-state index in [0.29, 0.717) is 27.0 Å². The summed E-state index contributed by atoms with van der Waals surface area (Å²) in [7, 11) is 1.58. The zero-order valence-electron chi connectivity index (χ0n) is 23.9. The fourth-order valence-corrected chi connectivity index (χ4v) is 8.76. The molecule has 8 nitrogen and oxygen atoms in total. The summed E-state index contributed by atoms with van der Waals surface area (Å²) in [5, 5.41) is 4.74. The Balaban J connectivity index is 1.26. The fourth-order valence-electron chi connectivity index (χ4n) is 5.99. The molecule has 44 heavy (non-hydrogen) atoms. The van der Waals surface area contributed by atoms with E-state index in [0.717, 1.165) is 33.2 Å². The first kappa shape index (κ1) is 28.1. The summed E-state index contributed by atoms with van der Waals surface area (Å²) in [4.78, 5) is 56.3. The number of ether oxygens (including phenoxy) is 1. The van der Waals surface area contributed by atoms with E-state index in [9.17, 15) is 19.2 Å². The quantitative estimate of drug-likeness (QED) is 0.240. The Bertz CT molecular complexity index is 2000. The van der Waals surface area contributed by atoms with Gasteiger partial charge in [-0.3, -0.25) is 23.7 Å². The Labute approximate surface area is 261 Å². The minimum absolute atomic E-state index is 0.221. The monoisotopic (exact) mass is 621 g/mol. The number of thioether (sulfide) groups is 1. The van der Waals surface area contributed by atoms with Crippen molar-refractivity contribution in [3.63, 3.8) is 0 Å². The third-order valence-electron chi connectivity index (χ3n) is 8.15. The number of aromatic nitrogens is 1. The number of carbonyl (C=O) groups excluding carboxylic acids is 3. The fraction of sp³-hybridized carbons (Fsp3) is 0.176. The molecule has 3 heterocycles. The van der Waals surface area contributed by atoms with E-state index < -0.39 is 17.1 Å². The first-order valence-electron chi connectivity index (χ1n) is 14.1. The van der Waals surface area contributed by atoms with Gasteiger partial charge in [-0.05, 0) is 59.7 Å². The van der Waals surface area contributed by atoms with Crippen molar-refractivity contribution in [2.24, 2.45) is 5.92 Å². The second-order valence-corrected chi connectivity index (χ2v) is 13.0. The Morgan fingerprint density at radius 1 is 0.886 bits per heavy atom. The van der Waals surface area contributed by atoms with Gasteiger partial charge >= 0.3 is 4.87 Å². The van der Waals surface area contributed by atoms with Gasteiger partial charge in [0.05, 0.1) is 23.7 Å². The maximum absolute atomic E-state index is 14.0. The summed E-state index contributed by atoms with van der Waals surface area (Å²) >= 11 is 2.23. The van der Waals surface area contributed by atoms with Crippen molar-refractivity contribution in [2.75, 3.05) is 17.3 Å². The van der Waals surface area contributed by atoms with Crippen LogP contribution in [-0.2, 0) is 20.9 Å². The summed E-state index contributed by atoms with van der Waals surface area (Å²) in [5.74, 6) is -1.60. The molecule has 3 amide bonds. The summed E-state index contributed by atoms with van der Waals surface area (Å²) in [6.45, 7) is 1.72. The number of hydrogen-bond donors (Lipinski definition) is 1. The van der Waals surface area contributed by atoms with E-state index in [4.69, 9.17) is 4.74 Å². The molecule has 0 bridgehead atoms. The van der Waals surface area contributed by atoms with Crippen LogP contribution in [0.15, 0.2) is 101 Å². The van der Waals surface area contributed by atoms with Gasteiger partial charge in [0.25, 0.3) is 0 Å². The van der Waals surface area contributed by atoms with E-state index in [-0.39, 0.29) is 29.1 Å². The molecule has 4 aromatic carbocycles. The van der Waals surface area contributed by atoms with Gasteiger partial charge in [-0.2, -0.15) is 0 Å². The largest absolute Gasteiger partial charge is 0.497 e. The maximum Gasteiger partial charge on any atom is 0.308 e. The van der Waals surface area contributed by atoms with Crippen LogP contribution in [0, 0.1) is 12.8 Å². The average molecular weight is 622 g/mol. The van der Waals surface area contributed by atoms with Crippen LogP contribution in [0.5, 0.6) is 5.75 Å². The first-order chi connectivity index (χ1) is 21.3. The number of aryl methyl sites for hydroxylation is 1. The molecular formula is C34H27N3O5S2. The van der Waals surface area contributed by atoms with Crippen molar-refractivity contribution in [1.82, 2.24) is 4.57 Å². The van der Waals surface area contributed by atoms with Crippen LogP contribution in [0.25, 0.3) is 10.8 Å². The molecule has 1 aromatic heterocycles. The number of nitrogens with one attached hydrogen (secondary N) is 1. The molecule has 2 unspecified atom stereocenters. The molecule has 1 saturated heterocycles. The zero-order chi connectivity index (χ0) is 30.5. The first-order valence-corrected chi connectivity index (χ1v) is 15.8. The Morgan fingerprint density at radius 3 is 2.34 bits per heavy atom. The highest BCUT2D eigenvalue weighted by Crippen LogP contribution is 2.54. The molecule has 220 valence electrons. The third-order valence-corrected chi connectivity index (χ3v) is 10.8. The van der Waals surface area contributed by atoms with Gasteiger partial charge in [0, 0.05) is 16.5 Å². The average Bonchev–Trinajstić information content (AvgIpc) is 3.47. The molecule has 2 aliphatic rings. The van der Waals surface area contributed by atoms with E-state index in [1.807, 2.05) is 85.8 Å². The van der Waals surface area contributed by atoms with Crippen LogP contribution < -0.4 is 19.8 Å². The summed E-state index contributed by atoms with van der Waals surface area (Å²) in [6, 6.07) is 28.1. The number of benzene rings is 4. The van der Waals surface area contributed by atoms with Gasteiger partial charge in [0.2, 0.25) is 17.7 Å². The number of anilines is 2. The molecule has 1 fully saturated rings. The maximum atomic E-state index is 14.0. The minimum atomic E-state index is -0.757. The van der Waals surface area contributed by atoms with Gasteiger partial charge < -0.3 is 10.1 Å². The Hall–Kier alpha value is -4.67. The highest BCUT2D eigenvalue weighted by molar-refractivity contribution is 8.00. The van der Waals surface area contributed by atoms with Crippen LogP contribution in [0.1, 0.15) is 21.9 Å². The van der Waals surface area contributed by atoms with Gasteiger partial charge in [0.15, 0.2) is 0 Å². The molecule has 1 N–H and O–H groups in total. The number of thiazole rings is 1. The minimum Gasteiger partial charge on any atom is -0.497 e. The molecule has 0 aliphatic carbocycles. The topological polar surface area (TPSA) is 97.7 Å². The van der Waals surface area contributed by atoms with Crippen LogP contribution in [0.4, 0.5) is 11.4 Å². The molecule has 0 spiro atoms. The molecule has 3 atom stereocenters. The van der Waals surface area contributed by atoms with Gasteiger partial charge in [-0.25, -0.2) is 4.90 Å². The lowest BCUT2D eigenvalue weighted by molar-refractivity contribution is -0.122. The number of methoxy groups -OCH3 is 1. The Morgan fingerprint density at radius 2 is 1.61 bits per heavy atom. The van der Waals surface area contributed by atoms with Crippen LogP contribution in [-0.4, -0.2) is 34.6 Å². The summed E-state index contributed by atoms with van der Waals surface area (Å²) in [5.41, 5.74) is 2.96. The number of fused-ring (bicyclic) bond motifs is 3. The number of rotatable bonds is 6. The number of imide groups is 1. The SMILES string of the molecule is COc1ccc([C@H]2c3sc(=O)n(CC(=O)Nc4ccc5ccccc5c4)c3SC3C(=O)N(c4ccc(C)cc4)C(=O)C32)cc1. The molecule has 0 saturated carbocycles. The smallest absolute Gasteiger partial charge is 0.308 e. The van der Waals surface area contributed by atoms with E-state index in [2.05, 4.69) is 5.32 Å². The predicted octanol–water partition coefficient (Wildman–Crippen LogP) is 5.81. The molecule has 7 rings (SSSR count). The normalized spacial score (nSPS) is 19.1. The molecular weight excluding hydrogens is 595 g/mol. The Kier molecular flexibility index (Phi) is 7.10. The number of hydrogen-bond acceptors (Lipinski definition) is 7. The highest BCUT2D eigenvalue weighted by Gasteiger charge is 2.56. The zero-order valence-corrected chi connectivity index (χ0v) is 25.5. The molecule has 5 aromatic rings. The lowest BCUT2D eigenvalue weighted by atomic mass is 9.83. The lowest BCUT2D eigenvalue weighted by Gasteiger charge is -2.30. The summed E-state index contributed by atoms with van der Waals surface area (Å²) < 4.78 is 6.78. The lowest BCUT2D eigenvalue weighted by Crippen LogP contribution is -2.33. The molecule has 0 radical (unpaired) electrons. The second-order valence-electron chi connectivity index (χ2n) is 10.9. The predicted molar refractivity (Wildman–Crippen MR) is 173 cm³/mol. The molecule has 2 aliphatic heterocycles. The van der Waals surface area contributed by atoms with Crippen LogP contribution >= 0.6 is 23.1 Å². The van der Waals surface area contributed by atoms with Gasteiger partial charge in [0.1, 0.15) is 17.5 Å². The molecule has 10 heteroatoms. The van der Waals surface area contributed by atoms with Gasteiger partial charge in [-0.1, -0.05) is 83.3 Å². The van der Waals surface area contributed by atoms with Crippen molar-refractivity contribution in [2.45, 2.75) is 29.7 Å². The number of carbonyl (C=O) groups is 3. The van der Waals surface area contributed by atoms with Gasteiger partial charge in [-0.15, -0.1) is 0 Å². The third kappa shape index (κ3) is 4.80. The van der Waals surface area contributed by atoms with Crippen molar-refractivity contribution in [1.29, 1.82) is 0 Å². The van der Waals surface area contributed by atoms with Crippen molar-refractivity contribution >= 4 is 63.0 Å². The standard InChI is InChI=1S/C34H27N3O5S2/c1-19-7-13-24(14-8-19)37-31(39)28-27(21-10-15-25(42-2)16-11-21)30-33(43-29(28)32(37)40)36(34(41)44-30)18-26(38)35-23-12-9-20-5-3-4-6-22(20)17-23/h3-17,27-29H,18H2,1-2H3,(H,35,38)/t27-,28?,29?/m1/s1. The van der Waals surface area contributed by atoms with Crippen LogP contribution in [0.3, 0.4) is 0 Å². The van der Waals surface area contributed by atoms with E-state index in [1.165, 1.54) is 21.2 Å². The van der Waals surface area contributed by atoms with E-state index in [1.54, 1.807) is 19.2 Å². The summed E-state index contributed by atoms with van der Waals surface area (Å²) in [6.07, 6.45) is 0. The highest BCUT2D eigenvalue weighted by atomic mass is 32.2. The van der Waals surface area contributed by atoms with Crippen molar-refractivity contribution in [3.05, 3.63) is 117 Å². The van der Waals surface area contributed by atoms with Crippen LogP contribution in [0.2, 0.25) is 0 Å². The number of nitrogens with zero attached hydrogens (tertiary/aromatic N) is 2. The van der Waals surface area contributed by atoms with E-state index >= 15 is 0 Å².